The average molecular weight is 438 g/mol. The van der Waals surface area contributed by atoms with Gasteiger partial charge in [-0.3, -0.25) is 9.82 Å². The maximum Gasteiger partial charge on any atom is 0.281 e. The van der Waals surface area contributed by atoms with Gasteiger partial charge in [0.25, 0.3) is 10.0 Å². The molecule has 9 heteroatoms. The highest BCUT2D eigenvalue weighted by atomic mass is 79.9. The Labute approximate surface area is 139 Å². The molecule has 1 aromatic carbocycles. The van der Waals surface area contributed by atoms with Gasteiger partial charge in [0, 0.05) is 26.7 Å². The van der Waals surface area contributed by atoms with Crippen LogP contribution in [0.4, 0.5) is 5.69 Å². The summed E-state index contributed by atoms with van der Waals surface area (Å²) in [7, 11) is -3.83. The van der Waals surface area contributed by atoms with Crippen molar-refractivity contribution >= 4 is 47.6 Å². The number of nitrogens with one attached hydrogen (secondary N) is 2. The van der Waals surface area contributed by atoms with Gasteiger partial charge in [-0.15, -0.1) is 0 Å². The summed E-state index contributed by atoms with van der Waals surface area (Å²) in [5, 5.41) is 6.41. The maximum absolute atomic E-state index is 12.5. The predicted octanol–water partition coefficient (Wildman–Crippen LogP) is 2.81. The molecule has 0 aliphatic rings. The molecule has 21 heavy (non-hydrogen) atoms. The van der Waals surface area contributed by atoms with Gasteiger partial charge in [0.15, 0.2) is 0 Å². The van der Waals surface area contributed by atoms with E-state index in [0.29, 0.717) is 25.9 Å². The topological polar surface area (TPSA) is 101 Å². The van der Waals surface area contributed by atoms with Crippen LogP contribution in [0.1, 0.15) is 16.8 Å². The number of rotatable bonds is 4. The molecule has 6 nitrogen and oxygen atoms in total. The molecular weight excluding hydrogens is 424 g/mol. The number of aryl methyl sites for hydroxylation is 2. The second-order valence-electron chi connectivity index (χ2n) is 4.55. The first-order valence-electron chi connectivity index (χ1n) is 5.98. The van der Waals surface area contributed by atoms with Crippen molar-refractivity contribution in [1.82, 2.24) is 10.2 Å². The molecule has 114 valence electrons. The second kappa shape index (κ2) is 6.07. The molecule has 0 aliphatic heterocycles. The Kier molecular flexibility index (Phi) is 4.76. The molecule has 0 spiro atoms. The van der Waals surface area contributed by atoms with Gasteiger partial charge >= 0.3 is 0 Å². The zero-order valence-electron chi connectivity index (χ0n) is 11.4. The highest BCUT2D eigenvalue weighted by Gasteiger charge is 2.24. The Morgan fingerprint density at radius 2 is 1.86 bits per heavy atom. The third kappa shape index (κ3) is 3.31. The highest BCUT2D eigenvalue weighted by molar-refractivity contribution is 9.11. The Bertz CT molecular complexity index is 764. The largest absolute Gasteiger partial charge is 0.326 e. The molecule has 2 aromatic rings. The number of nitrogens with two attached hydrogens (primary N) is 1. The van der Waals surface area contributed by atoms with Crippen LogP contribution in [0.5, 0.6) is 0 Å². The number of aromatic nitrogens is 2. The lowest BCUT2D eigenvalue weighted by molar-refractivity contribution is 0.595. The number of sulfonamides is 1. The summed E-state index contributed by atoms with van der Waals surface area (Å²) in [6.07, 6.45) is 0. The van der Waals surface area contributed by atoms with E-state index in [1.165, 1.54) is 0 Å². The van der Waals surface area contributed by atoms with E-state index in [0.717, 1.165) is 5.56 Å². The van der Waals surface area contributed by atoms with Gasteiger partial charge in [0.2, 0.25) is 5.03 Å². The van der Waals surface area contributed by atoms with Crippen molar-refractivity contribution in [1.29, 1.82) is 0 Å². The van der Waals surface area contributed by atoms with Crippen LogP contribution in [0.3, 0.4) is 0 Å². The molecule has 4 N–H and O–H groups in total. The minimum absolute atomic E-state index is 0.0816. The van der Waals surface area contributed by atoms with Crippen molar-refractivity contribution in [3.63, 3.8) is 0 Å². The fraction of sp³-hybridized carbons (Fsp3) is 0.250. The number of benzene rings is 1. The number of nitrogens with zero attached hydrogens (tertiary/aromatic N) is 1. The first-order chi connectivity index (χ1) is 9.76. The first kappa shape index (κ1) is 16.5. The molecule has 0 saturated carbocycles. The van der Waals surface area contributed by atoms with E-state index >= 15 is 0 Å². The lowest BCUT2D eigenvalue weighted by Gasteiger charge is -2.12. The smallest absolute Gasteiger partial charge is 0.281 e. The highest BCUT2D eigenvalue weighted by Crippen LogP contribution is 2.34. The van der Waals surface area contributed by atoms with Crippen LogP contribution in [0.25, 0.3) is 0 Å². The Hall–Kier alpha value is -0.900. The minimum Gasteiger partial charge on any atom is -0.326 e. The Morgan fingerprint density at radius 3 is 2.38 bits per heavy atom. The van der Waals surface area contributed by atoms with Crippen molar-refractivity contribution < 1.29 is 8.42 Å². The molecule has 0 unspecified atom stereocenters. The quantitative estimate of drug-likeness (QED) is 0.684. The Morgan fingerprint density at radius 1 is 1.29 bits per heavy atom. The standard InChI is InChI=1S/C12H14Br2N4O2S/c1-6-3-9(13)11(10(14)4-6)18-21(19,20)12-8(5-15)7(2)16-17-12/h3-4,18H,5,15H2,1-2H3,(H,16,17). The number of hydrogen-bond donors (Lipinski definition) is 3. The molecule has 2 rings (SSSR count). The van der Waals surface area contributed by atoms with E-state index in [-0.39, 0.29) is 11.6 Å². The molecule has 0 amide bonds. The van der Waals surface area contributed by atoms with Crippen LogP contribution in [0, 0.1) is 13.8 Å². The molecule has 0 radical (unpaired) electrons. The number of aromatic amines is 1. The monoisotopic (exact) mass is 436 g/mol. The second-order valence-corrected chi connectivity index (χ2v) is 7.85. The van der Waals surface area contributed by atoms with E-state index in [2.05, 4.69) is 46.8 Å². The summed E-state index contributed by atoms with van der Waals surface area (Å²) in [5.41, 5.74) is 8.12. The maximum atomic E-state index is 12.5. The van der Waals surface area contributed by atoms with Gasteiger partial charge in [-0.1, -0.05) is 0 Å². The van der Waals surface area contributed by atoms with Gasteiger partial charge in [-0.2, -0.15) is 13.5 Å². The molecule has 0 fully saturated rings. The molecule has 0 bridgehead atoms. The van der Waals surface area contributed by atoms with Crippen LogP contribution >= 0.6 is 31.9 Å². The van der Waals surface area contributed by atoms with E-state index in [1.807, 2.05) is 19.1 Å². The zero-order chi connectivity index (χ0) is 15.8. The third-order valence-electron chi connectivity index (χ3n) is 2.92. The van der Waals surface area contributed by atoms with Crippen molar-refractivity contribution in [3.05, 3.63) is 37.9 Å². The number of H-pyrrole nitrogens is 1. The van der Waals surface area contributed by atoms with Crippen LogP contribution in [-0.4, -0.2) is 18.6 Å². The first-order valence-corrected chi connectivity index (χ1v) is 9.05. The van der Waals surface area contributed by atoms with Crippen LogP contribution < -0.4 is 10.5 Å². The van der Waals surface area contributed by atoms with E-state index in [1.54, 1.807) is 6.92 Å². The summed E-state index contributed by atoms with van der Waals surface area (Å²) >= 11 is 6.71. The summed E-state index contributed by atoms with van der Waals surface area (Å²) in [4.78, 5) is 0. The number of hydrogen-bond acceptors (Lipinski definition) is 4. The Balaban J connectivity index is 2.47. The van der Waals surface area contributed by atoms with Crippen LogP contribution in [0.15, 0.2) is 26.1 Å². The van der Waals surface area contributed by atoms with Crippen molar-refractivity contribution in [2.75, 3.05) is 4.72 Å². The molecule has 1 heterocycles. The summed E-state index contributed by atoms with van der Waals surface area (Å²) < 4.78 is 28.8. The summed E-state index contributed by atoms with van der Waals surface area (Å²) in [6.45, 7) is 3.73. The lowest BCUT2D eigenvalue weighted by atomic mass is 10.2. The molecule has 1 aromatic heterocycles. The summed E-state index contributed by atoms with van der Waals surface area (Å²) in [6, 6.07) is 3.64. The van der Waals surface area contributed by atoms with E-state index in [9.17, 15) is 8.42 Å². The number of halogens is 2. The number of anilines is 1. The van der Waals surface area contributed by atoms with E-state index < -0.39 is 10.0 Å². The SMILES string of the molecule is Cc1cc(Br)c(NS(=O)(=O)c2n[nH]c(C)c2CN)c(Br)c1. The van der Waals surface area contributed by atoms with E-state index in [4.69, 9.17) is 5.73 Å². The minimum atomic E-state index is -3.83. The van der Waals surface area contributed by atoms with Crippen molar-refractivity contribution in [3.8, 4) is 0 Å². The van der Waals surface area contributed by atoms with Crippen molar-refractivity contribution in [2.45, 2.75) is 25.4 Å². The fourth-order valence-electron chi connectivity index (χ4n) is 1.87. The predicted molar refractivity (Wildman–Crippen MR) is 88.6 cm³/mol. The van der Waals surface area contributed by atoms with Crippen LogP contribution in [-0.2, 0) is 16.6 Å². The average Bonchev–Trinajstić information content (AvgIpc) is 2.75. The van der Waals surface area contributed by atoms with Crippen molar-refractivity contribution in [2.24, 2.45) is 5.73 Å². The lowest BCUT2D eigenvalue weighted by Crippen LogP contribution is -2.17. The van der Waals surface area contributed by atoms with Crippen LogP contribution in [0.2, 0.25) is 0 Å². The van der Waals surface area contributed by atoms with Gasteiger partial charge in [0.1, 0.15) is 0 Å². The third-order valence-corrected chi connectivity index (χ3v) is 5.49. The van der Waals surface area contributed by atoms with Gasteiger partial charge in [0.05, 0.1) is 5.69 Å². The fourth-order valence-corrected chi connectivity index (χ4v) is 5.06. The molecule has 0 atom stereocenters. The summed E-state index contributed by atoms with van der Waals surface area (Å²) in [5.74, 6) is 0. The normalized spacial score (nSPS) is 11.7. The molecule has 0 saturated heterocycles. The van der Waals surface area contributed by atoms with Gasteiger partial charge < -0.3 is 5.73 Å². The van der Waals surface area contributed by atoms with Gasteiger partial charge in [-0.05, 0) is 63.4 Å². The molecular formula is C12H14Br2N4O2S. The van der Waals surface area contributed by atoms with Gasteiger partial charge in [-0.25, -0.2) is 0 Å². The molecule has 0 aliphatic carbocycles. The zero-order valence-corrected chi connectivity index (χ0v) is 15.4.